The molecule has 2 aromatic rings. The van der Waals surface area contributed by atoms with E-state index in [0.29, 0.717) is 29.2 Å². The van der Waals surface area contributed by atoms with E-state index in [1.54, 1.807) is 38.1 Å². The van der Waals surface area contributed by atoms with Gasteiger partial charge in [0.1, 0.15) is 5.57 Å². The lowest BCUT2D eigenvalue weighted by Gasteiger charge is -2.12. The average Bonchev–Trinajstić information content (AvgIpc) is 2.78. The minimum absolute atomic E-state index is 0.0613. The van der Waals surface area contributed by atoms with Gasteiger partial charge >= 0.3 is 5.97 Å². The number of nitrogens with zero attached hydrogens (tertiary/aromatic N) is 1. The number of carbonyl (C=O) groups is 1. The van der Waals surface area contributed by atoms with Crippen molar-refractivity contribution in [2.45, 2.75) is 18.7 Å². The van der Waals surface area contributed by atoms with Crippen molar-refractivity contribution in [2.75, 3.05) is 17.2 Å². The summed E-state index contributed by atoms with van der Waals surface area (Å²) in [5.41, 5.74) is 1.22. The van der Waals surface area contributed by atoms with Crippen molar-refractivity contribution in [3.05, 3.63) is 65.4 Å². The number of esters is 1. The van der Waals surface area contributed by atoms with Gasteiger partial charge in [-0.25, -0.2) is 13.6 Å². The number of hydrogen-bond acceptors (Lipinski definition) is 5. The van der Waals surface area contributed by atoms with Gasteiger partial charge in [-0.3, -0.25) is 0 Å². The number of fused-ring (bicyclic) bond motifs is 1. The predicted molar refractivity (Wildman–Crippen MR) is 104 cm³/mol. The van der Waals surface area contributed by atoms with Crippen LogP contribution in [-0.4, -0.2) is 26.8 Å². The molecule has 1 aliphatic heterocycles. The van der Waals surface area contributed by atoms with Crippen LogP contribution in [0.15, 0.2) is 63.0 Å². The zero-order valence-corrected chi connectivity index (χ0v) is 16.3. The summed E-state index contributed by atoms with van der Waals surface area (Å²) in [5.74, 6) is -3.62. The zero-order chi connectivity index (χ0) is 21.2. The molecule has 7 nitrogen and oxygen atoms in total. The Morgan fingerprint density at radius 2 is 1.72 bits per heavy atom. The van der Waals surface area contributed by atoms with E-state index in [-0.39, 0.29) is 18.0 Å². The fourth-order valence-electron chi connectivity index (χ4n) is 2.66. The predicted octanol–water partition coefficient (Wildman–Crippen LogP) is 3.43. The van der Waals surface area contributed by atoms with Gasteiger partial charge in [0, 0.05) is 5.70 Å². The SMILES string of the molecule is CCOC(=O)C1=C(C)Nc2ccccc2N/C1=N/S(=O)(=O)c1ccc(F)c(F)c1. The molecule has 1 aliphatic rings. The minimum Gasteiger partial charge on any atom is -0.462 e. The molecule has 0 aromatic heterocycles. The van der Waals surface area contributed by atoms with Crippen LogP contribution in [0.4, 0.5) is 20.2 Å². The quantitative estimate of drug-likeness (QED) is 0.735. The number of sulfonamides is 1. The first-order valence-corrected chi connectivity index (χ1v) is 9.98. The van der Waals surface area contributed by atoms with Gasteiger partial charge in [0.15, 0.2) is 17.5 Å². The largest absolute Gasteiger partial charge is 0.462 e. The highest BCUT2D eigenvalue weighted by Gasteiger charge is 2.28. The number of ether oxygens (including phenoxy) is 1. The lowest BCUT2D eigenvalue weighted by molar-refractivity contribution is -0.137. The van der Waals surface area contributed by atoms with Crippen molar-refractivity contribution in [3.63, 3.8) is 0 Å². The maximum absolute atomic E-state index is 13.5. The second kappa shape index (κ2) is 8.00. The van der Waals surface area contributed by atoms with Crippen LogP contribution in [0, 0.1) is 11.6 Å². The van der Waals surface area contributed by atoms with Gasteiger partial charge in [0.2, 0.25) is 0 Å². The van der Waals surface area contributed by atoms with Crippen molar-refractivity contribution >= 4 is 33.2 Å². The summed E-state index contributed by atoms with van der Waals surface area (Å²) < 4.78 is 60.8. The van der Waals surface area contributed by atoms with Gasteiger partial charge in [0.05, 0.1) is 22.9 Å². The van der Waals surface area contributed by atoms with Gasteiger partial charge in [-0.15, -0.1) is 4.40 Å². The number of para-hydroxylation sites is 2. The number of hydrogen-bond donors (Lipinski definition) is 2. The minimum atomic E-state index is -4.47. The molecule has 152 valence electrons. The van der Waals surface area contributed by atoms with Crippen molar-refractivity contribution < 1.29 is 26.7 Å². The third-order valence-corrected chi connectivity index (χ3v) is 5.27. The van der Waals surface area contributed by atoms with Crippen molar-refractivity contribution in [3.8, 4) is 0 Å². The standard InChI is InChI=1S/C19H17F2N3O4S/c1-3-28-19(25)17-11(2)22-15-6-4-5-7-16(15)23-18(17)24-29(26,27)12-8-9-13(20)14(21)10-12/h4-10,22H,3H2,1-2H3,(H,23,24). The second-order valence-electron chi connectivity index (χ2n) is 6.01. The van der Waals surface area contributed by atoms with E-state index >= 15 is 0 Å². The van der Waals surface area contributed by atoms with Gasteiger partial charge in [-0.05, 0) is 44.2 Å². The Kier molecular flexibility index (Phi) is 5.64. The van der Waals surface area contributed by atoms with Crippen molar-refractivity contribution in [2.24, 2.45) is 4.40 Å². The number of benzene rings is 2. The third kappa shape index (κ3) is 4.27. The van der Waals surface area contributed by atoms with E-state index in [2.05, 4.69) is 15.0 Å². The number of carbonyl (C=O) groups excluding carboxylic acids is 1. The summed E-state index contributed by atoms with van der Waals surface area (Å²) in [6, 6.07) is 8.95. The Morgan fingerprint density at radius 3 is 2.34 bits per heavy atom. The number of nitrogens with one attached hydrogen (secondary N) is 2. The normalized spacial score (nSPS) is 15.2. The summed E-state index contributed by atoms with van der Waals surface area (Å²) in [6.07, 6.45) is 0. The first-order valence-electron chi connectivity index (χ1n) is 8.54. The highest BCUT2D eigenvalue weighted by Crippen LogP contribution is 2.29. The number of allylic oxidation sites excluding steroid dienone is 1. The second-order valence-corrected chi connectivity index (χ2v) is 7.61. The first kappa shape index (κ1) is 20.5. The highest BCUT2D eigenvalue weighted by atomic mass is 32.2. The van der Waals surface area contributed by atoms with Gasteiger partial charge in [-0.1, -0.05) is 12.1 Å². The van der Waals surface area contributed by atoms with Crippen LogP contribution in [-0.2, 0) is 19.6 Å². The Hall–Kier alpha value is -3.27. The summed E-state index contributed by atoms with van der Waals surface area (Å²) in [4.78, 5) is 11.9. The smallest absolute Gasteiger partial charge is 0.343 e. The van der Waals surface area contributed by atoms with Crippen molar-refractivity contribution in [1.82, 2.24) is 0 Å². The molecule has 0 unspecified atom stereocenters. The van der Waals surface area contributed by atoms with E-state index in [9.17, 15) is 22.0 Å². The summed E-state index contributed by atoms with van der Waals surface area (Å²) in [6.45, 7) is 3.23. The van der Waals surface area contributed by atoms with Gasteiger partial charge < -0.3 is 15.4 Å². The van der Waals surface area contributed by atoms with E-state index in [0.717, 1.165) is 6.07 Å². The molecule has 0 amide bonds. The van der Waals surface area contributed by atoms with Crippen LogP contribution >= 0.6 is 0 Å². The maximum atomic E-state index is 13.5. The Bertz CT molecular complexity index is 1140. The number of halogens is 2. The summed E-state index contributed by atoms with van der Waals surface area (Å²) in [5, 5.41) is 5.83. The molecule has 10 heteroatoms. The fourth-order valence-corrected chi connectivity index (χ4v) is 3.64. The lowest BCUT2D eigenvalue weighted by atomic mass is 10.2. The monoisotopic (exact) mass is 421 g/mol. The fraction of sp³-hybridized carbons (Fsp3) is 0.158. The van der Waals surface area contributed by atoms with Crippen LogP contribution in [0.2, 0.25) is 0 Å². The van der Waals surface area contributed by atoms with Crippen LogP contribution in [0.1, 0.15) is 13.8 Å². The van der Waals surface area contributed by atoms with E-state index in [4.69, 9.17) is 4.74 Å². The van der Waals surface area contributed by atoms with E-state index < -0.39 is 32.5 Å². The molecule has 0 radical (unpaired) electrons. The molecule has 0 spiro atoms. The average molecular weight is 421 g/mol. The number of anilines is 2. The molecule has 3 rings (SSSR count). The van der Waals surface area contributed by atoms with Crippen LogP contribution in [0.25, 0.3) is 0 Å². The molecule has 29 heavy (non-hydrogen) atoms. The Morgan fingerprint density at radius 1 is 1.07 bits per heavy atom. The maximum Gasteiger partial charge on any atom is 0.343 e. The lowest BCUT2D eigenvalue weighted by Crippen LogP contribution is -2.25. The molecule has 1 heterocycles. The molecular formula is C19H17F2N3O4S. The number of rotatable bonds is 4. The van der Waals surface area contributed by atoms with Crippen LogP contribution in [0.5, 0.6) is 0 Å². The Balaban J connectivity index is 2.17. The first-order chi connectivity index (χ1) is 13.7. The summed E-state index contributed by atoms with van der Waals surface area (Å²) >= 11 is 0. The van der Waals surface area contributed by atoms with E-state index in [1.165, 1.54) is 0 Å². The van der Waals surface area contributed by atoms with Gasteiger partial charge in [-0.2, -0.15) is 8.42 Å². The molecule has 0 saturated carbocycles. The molecule has 0 saturated heterocycles. The molecule has 0 bridgehead atoms. The molecule has 2 N–H and O–H groups in total. The molecule has 2 aromatic carbocycles. The zero-order valence-electron chi connectivity index (χ0n) is 15.5. The number of amidine groups is 1. The van der Waals surface area contributed by atoms with Crippen LogP contribution < -0.4 is 10.6 Å². The molecule has 0 aliphatic carbocycles. The van der Waals surface area contributed by atoms with Gasteiger partial charge in [0.25, 0.3) is 10.0 Å². The molecular weight excluding hydrogens is 404 g/mol. The van der Waals surface area contributed by atoms with E-state index in [1.807, 2.05) is 0 Å². The van der Waals surface area contributed by atoms with Crippen molar-refractivity contribution in [1.29, 1.82) is 0 Å². The van der Waals surface area contributed by atoms with Crippen LogP contribution in [0.3, 0.4) is 0 Å². The Labute approximate surface area is 166 Å². The molecule has 0 atom stereocenters. The topological polar surface area (TPSA) is 96.9 Å². The highest BCUT2D eigenvalue weighted by molar-refractivity contribution is 7.90. The molecule has 0 fully saturated rings. The summed E-state index contributed by atoms with van der Waals surface area (Å²) in [7, 11) is -4.47. The third-order valence-electron chi connectivity index (χ3n) is 3.99.